The molecule has 4 aliphatic carbocycles. The number of allylic oxidation sites excluding steroid dienone is 1. The monoisotopic (exact) mass is 766 g/mol. The van der Waals surface area contributed by atoms with Crippen molar-refractivity contribution in [2.24, 2.45) is 46.3 Å². The van der Waals surface area contributed by atoms with Crippen molar-refractivity contribution < 1.29 is 48.5 Å². The van der Waals surface area contributed by atoms with Gasteiger partial charge in [-0.05, 0) is 97.7 Å². The van der Waals surface area contributed by atoms with E-state index in [1.165, 1.54) is 64.7 Å². The highest BCUT2D eigenvalue weighted by molar-refractivity contribution is 5.73. The van der Waals surface area contributed by atoms with Gasteiger partial charge in [0.15, 0.2) is 6.29 Å². The van der Waals surface area contributed by atoms with Crippen molar-refractivity contribution >= 4 is 5.91 Å². The summed E-state index contributed by atoms with van der Waals surface area (Å²) in [5.74, 6) is 4.78. The smallest absolute Gasteiger partial charge is 0.217 e. The molecular formula is C43H75NO10. The highest BCUT2D eigenvalue weighted by Crippen LogP contribution is 2.67. The van der Waals surface area contributed by atoms with Crippen LogP contribution in [0.5, 0.6) is 0 Å². The van der Waals surface area contributed by atoms with Gasteiger partial charge >= 0.3 is 0 Å². The predicted molar refractivity (Wildman–Crippen MR) is 207 cm³/mol. The van der Waals surface area contributed by atoms with Crippen LogP contribution in [0.2, 0.25) is 0 Å². The standard InChI is InChI=1S/C43H75NO10/c1-28(2)8-7-9-29(3)34-12-13-35-33-11-10-31-26-32(14-16-42(31,5)36(33)15-17-43(34,35)6)52-24-22-50-20-18-49-19-21-51-23-25-53-41-38(44-30(4)46)40(48)39(47)37(27-45)54-41/h10,28-29,32-41,45,47-48H,7-9,11-27H2,1-6H3,(H,44,46)/t29-,32+,33+,34-,35+,36+,37-,38-,39-,40-,41-,42+,43-/m1/s1. The summed E-state index contributed by atoms with van der Waals surface area (Å²) >= 11 is 0. The Bertz CT molecular complexity index is 1180. The summed E-state index contributed by atoms with van der Waals surface area (Å²) in [6, 6.07) is -0.971. The SMILES string of the molecule is CC(=O)N[C@H]1[C@H](OCCOCCOCCOCCO[C@H]2CC[C@@]3(C)C(=CC[C@H]4[C@@H]5CC[C@H]([C@H](C)CCCC(C)C)[C@@]5(C)CC[C@@H]43)C2)O[C@H](CO)[C@@H](O)[C@@H]1O. The Morgan fingerprint density at radius 1 is 0.870 bits per heavy atom. The summed E-state index contributed by atoms with van der Waals surface area (Å²) in [7, 11) is 0. The fourth-order valence-electron chi connectivity index (χ4n) is 11.4. The number of hydrogen-bond acceptors (Lipinski definition) is 10. The molecule has 0 radical (unpaired) electrons. The first-order chi connectivity index (χ1) is 25.9. The average molecular weight is 766 g/mol. The summed E-state index contributed by atoms with van der Waals surface area (Å²) < 4.78 is 34.5. The van der Waals surface area contributed by atoms with Crippen molar-refractivity contribution in [3.8, 4) is 0 Å². The van der Waals surface area contributed by atoms with Crippen molar-refractivity contribution in [1.82, 2.24) is 5.32 Å². The van der Waals surface area contributed by atoms with E-state index in [0.29, 0.717) is 50.5 Å². The van der Waals surface area contributed by atoms with Crippen LogP contribution < -0.4 is 5.32 Å². The van der Waals surface area contributed by atoms with E-state index >= 15 is 0 Å². The number of fused-ring (bicyclic) bond motifs is 5. The average Bonchev–Trinajstić information content (AvgIpc) is 3.50. The van der Waals surface area contributed by atoms with Crippen molar-refractivity contribution in [2.75, 3.05) is 59.5 Å². The molecule has 0 spiro atoms. The van der Waals surface area contributed by atoms with Crippen LogP contribution >= 0.6 is 0 Å². The highest BCUT2D eigenvalue weighted by atomic mass is 16.7. The van der Waals surface area contributed by atoms with Crippen LogP contribution in [0, 0.1) is 46.3 Å². The van der Waals surface area contributed by atoms with Crippen LogP contribution in [0.4, 0.5) is 0 Å². The summed E-state index contributed by atoms with van der Waals surface area (Å²) in [6.45, 7) is 16.6. The molecule has 0 aromatic rings. The number of aliphatic hydroxyl groups excluding tert-OH is 3. The largest absolute Gasteiger partial charge is 0.394 e. The number of aliphatic hydroxyl groups is 3. The van der Waals surface area contributed by atoms with Crippen LogP contribution in [0.25, 0.3) is 0 Å². The van der Waals surface area contributed by atoms with Crippen LogP contribution in [-0.2, 0) is 33.2 Å². The van der Waals surface area contributed by atoms with Gasteiger partial charge in [0, 0.05) is 6.92 Å². The van der Waals surface area contributed by atoms with Crippen LogP contribution in [0.1, 0.15) is 112 Å². The first-order valence-corrected chi connectivity index (χ1v) is 21.4. The van der Waals surface area contributed by atoms with Crippen molar-refractivity contribution in [1.29, 1.82) is 0 Å². The zero-order chi connectivity index (χ0) is 38.9. The Morgan fingerprint density at radius 3 is 2.19 bits per heavy atom. The summed E-state index contributed by atoms with van der Waals surface area (Å²) in [5.41, 5.74) is 2.55. The number of carbonyl (C=O) groups excluding carboxylic acids is 1. The molecule has 1 aliphatic heterocycles. The molecular weight excluding hydrogens is 690 g/mol. The lowest BCUT2D eigenvalue weighted by Crippen LogP contribution is -2.64. The lowest BCUT2D eigenvalue weighted by molar-refractivity contribution is -0.272. The molecule has 0 bridgehead atoms. The first-order valence-electron chi connectivity index (χ1n) is 21.4. The quantitative estimate of drug-likeness (QED) is 0.0883. The minimum atomic E-state index is -1.35. The van der Waals surface area contributed by atoms with E-state index in [9.17, 15) is 20.1 Å². The molecule has 1 amide bonds. The maximum atomic E-state index is 11.5. The molecule has 0 aromatic carbocycles. The van der Waals surface area contributed by atoms with Gasteiger partial charge in [0.1, 0.15) is 24.4 Å². The number of hydrogen-bond donors (Lipinski definition) is 4. The maximum absolute atomic E-state index is 11.5. The number of rotatable bonds is 21. The minimum absolute atomic E-state index is 0.127. The number of amides is 1. The summed E-state index contributed by atoms with van der Waals surface area (Å²) in [4.78, 5) is 11.5. The molecule has 5 rings (SSSR count). The second-order valence-electron chi connectivity index (χ2n) is 18.2. The van der Waals surface area contributed by atoms with E-state index < -0.39 is 43.2 Å². The predicted octanol–water partition coefficient (Wildman–Crippen LogP) is 5.42. The van der Waals surface area contributed by atoms with Gasteiger partial charge in [0.2, 0.25) is 5.91 Å². The number of carbonyl (C=O) groups is 1. The summed E-state index contributed by atoms with van der Waals surface area (Å²) in [6.07, 6.45) is 12.8. The van der Waals surface area contributed by atoms with Gasteiger partial charge in [-0.1, -0.05) is 65.5 Å². The third-order valence-electron chi connectivity index (χ3n) is 14.3. The normalized spacial score (nSPS) is 38.4. The lowest BCUT2D eigenvalue weighted by atomic mass is 9.47. The van der Waals surface area contributed by atoms with E-state index in [1.807, 2.05) is 0 Å². The van der Waals surface area contributed by atoms with Gasteiger partial charge in [0.25, 0.3) is 0 Å². The molecule has 4 N–H and O–H groups in total. The molecule has 11 nitrogen and oxygen atoms in total. The zero-order valence-electron chi connectivity index (χ0n) is 34.3. The van der Waals surface area contributed by atoms with E-state index in [1.54, 1.807) is 5.57 Å². The van der Waals surface area contributed by atoms with Crippen molar-refractivity contribution in [3.05, 3.63) is 11.6 Å². The molecule has 0 unspecified atom stereocenters. The van der Waals surface area contributed by atoms with Crippen LogP contribution in [-0.4, -0.2) is 117 Å². The molecule has 1 heterocycles. The molecule has 312 valence electrons. The van der Waals surface area contributed by atoms with Crippen molar-refractivity contribution in [2.45, 2.75) is 149 Å². The fraction of sp³-hybridized carbons (Fsp3) is 0.930. The van der Waals surface area contributed by atoms with Crippen molar-refractivity contribution in [3.63, 3.8) is 0 Å². The minimum Gasteiger partial charge on any atom is -0.394 e. The number of ether oxygens (including phenoxy) is 6. The Kier molecular flexibility index (Phi) is 16.7. The highest BCUT2D eigenvalue weighted by Gasteiger charge is 2.59. The molecule has 0 aromatic heterocycles. The third-order valence-corrected chi connectivity index (χ3v) is 14.3. The zero-order valence-corrected chi connectivity index (χ0v) is 34.3. The first kappa shape index (κ1) is 44.0. The Morgan fingerprint density at radius 2 is 1.54 bits per heavy atom. The van der Waals surface area contributed by atoms with E-state index in [0.717, 1.165) is 48.3 Å². The van der Waals surface area contributed by atoms with Crippen LogP contribution in [0.15, 0.2) is 11.6 Å². The second-order valence-corrected chi connectivity index (χ2v) is 18.2. The summed E-state index contributed by atoms with van der Waals surface area (Å²) in [5, 5.41) is 32.4. The molecule has 11 heteroatoms. The van der Waals surface area contributed by atoms with E-state index in [2.05, 4.69) is 46.0 Å². The van der Waals surface area contributed by atoms with Gasteiger partial charge in [-0.25, -0.2) is 0 Å². The maximum Gasteiger partial charge on any atom is 0.217 e. The van der Waals surface area contributed by atoms with E-state index in [-0.39, 0.29) is 19.3 Å². The molecule has 1 saturated heterocycles. The van der Waals surface area contributed by atoms with E-state index in [4.69, 9.17) is 28.4 Å². The van der Waals surface area contributed by atoms with Gasteiger partial charge in [-0.15, -0.1) is 0 Å². The van der Waals surface area contributed by atoms with Gasteiger partial charge in [0.05, 0.1) is 65.6 Å². The van der Waals surface area contributed by atoms with Gasteiger partial charge in [-0.2, -0.15) is 0 Å². The Hall–Kier alpha value is -1.15. The second kappa shape index (κ2) is 20.5. The molecule has 13 atom stereocenters. The molecule has 4 fully saturated rings. The molecule has 3 saturated carbocycles. The van der Waals surface area contributed by atoms with Crippen LogP contribution in [0.3, 0.4) is 0 Å². The topological polar surface area (TPSA) is 145 Å². The Labute approximate surface area is 325 Å². The fourth-order valence-corrected chi connectivity index (χ4v) is 11.4. The molecule has 54 heavy (non-hydrogen) atoms. The Balaban J connectivity index is 0.916. The third kappa shape index (κ3) is 10.7. The van der Waals surface area contributed by atoms with Gasteiger partial charge in [-0.3, -0.25) is 4.79 Å². The lowest BCUT2D eigenvalue weighted by Gasteiger charge is -2.58. The number of nitrogens with one attached hydrogen (secondary N) is 1. The molecule has 5 aliphatic rings. The van der Waals surface area contributed by atoms with Gasteiger partial charge < -0.3 is 49.1 Å².